The summed E-state index contributed by atoms with van der Waals surface area (Å²) in [4.78, 5) is 24.9. The predicted octanol–water partition coefficient (Wildman–Crippen LogP) is 2.72. The van der Waals surface area contributed by atoms with E-state index in [2.05, 4.69) is 28.2 Å². The molecule has 0 aromatic heterocycles. The molecule has 0 atom stereocenters. The third-order valence-electron chi connectivity index (χ3n) is 2.67. The Labute approximate surface area is 122 Å². The van der Waals surface area contributed by atoms with Gasteiger partial charge in [-0.15, -0.1) is 0 Å². The van der Waals surface area contributed by atoms with Gasteiger partial charge in [0, 0.05) is 23.6 Å². The fraction of sp³-hybridized carbons (Fsp3) is 0.429. The lowest BCUT2D eigenvalue weighted by Gasteiger charge is -2.20. The highest BCUT2D eigenvalue weighted by Gasteiger charge is 2.15. The number of anilines is 1. The maximum absolute atomic E-state index is 11.8. The summed E-state index contributed by atoms with van der Waals surface area (Å²) in [6.07, 6.45) is 1.98. The molecular weight excluding hydrogens is 308 g/mol. The molecule has 1 rings (SSSR count). The molecule has 4 nitrogen and oxygen atoms in total. The summed E-state index contributed by atoms with van der Waals surface area (Å²) >= 11 is 3.34. The first-order valence-electron chi connectivity index (χ1n) is 6.35. The Morgan fingerprint density at radius 3 is 2.42 bits per heavy atom. The lowest BCUT2D eigenvalue weighted by Crippen LogP contribution is -2.40. The highest BCUT2D eigenvalue weighted by atomic mass is 79.9. The van der Waals surface area contributed by atoms with Crippen LogP contribution in [0.15, 0.2) is 28.7 Å². The van der Waals surface area contributed by atoms with Crippen LogP contribution in [-0.4, -0.2) is 24.9 Å². The molecule has 0 heterocycles. The lowest BCUT2D eigenvalue weighted by atomic mass is 10.2. The van der Waals surface area contributed by atoms with Gasteiger partial charge in [0.05, 0.1) is 0 Å². The number of halogens is 1. The molecule has 19 heavy (non-hydrogen) atoms. The molecule has 0 fully saturated rings. The summed E-state index contributed by atoms with van der Waals surface area (Å²) in [5.74, 6) is -0.278. The van der Waals surface area contributed by atoms with Crippen LogP contribution in [0.2, 0.25) is 0 Å². The van der Waals surface area contributed by atoms with Crippen molar-refractivity contribution < 1.29 is 9.59 Å². The topological polar surface area (TPSA) is 49.4 Å². The Bertz CT molecular complexity index is 432. The van der Waals surface area contributed by atoms with Gasteiger partial charge in [0.2, 0.25) is 11.8 Å². The molecule has 2 amide bonds. The number of nitrogens with one attached hydrogen (secondary N) is 1. The summed E-state index contributed by atoms with van der Waals surface area (Å²) < 4.78 is 0.937. The molecule has 0 aliphatic heterocycles. The predicted molar refractivity (Wildman–Crippen MR) is 80.1 cm³/mol. The fourth-order valence-corrected chi connectivity index (χ4v) is 1.87. The van der Waals surface area contributed by atoms with Gasteiger partial charge in [-0.3, -0.25) is 9.59 Å². The maximum Gasteiger partial charge on any atom is 0.240 e. The zero-order chi connectivity index (χ0) is 14.3. The van der Waals surface area contributed by atoms with Gasteiger partial charge in [-0.1, -0.05) is 29.3 Å². The zero-order valence-electron chi connectivity index (χ0n) is 11.3. The minimum absolute atomic E-state index is 0.0562. The molecule has 5 heteroatoms. The van der Waals surface area contributed by atoms with Crippen LogP contribution in [-0.2, 0) is 9.59 Å². The van der Waals surface area contributed by atoms with Crippen LogP contribution in [0.4, 0.5) is 5.69 Å². The smallest absolute Gasteiger partial charge is 0.240 e. The van der Waals surface area contributed by atoms with E-state index < -0.39 is 0 Å². The second kappa shape index (κ2) is 7.94. The molecule has 1 aromatic rings. The van der Waals surface area contributed by atoms with Gasteiger partial charge >= 0.3 is 0 Å². The van der Waals surface area contributed by atoms with Crippen molar-refractivity contribution in [2.45, 2.75) is 26.7 Å². The van der Waals surface area contributed by atoms with Gasteiger partial charge in [-0.25, -0.2) is 0 Å². The Morgan fingerprint density at radius 1 is 1.26 bits per heavy atom. The van der Waals surface area contributed by atoms with E-state index in [0.29, 0.717) is 6.54 Å². The van der Waals surface area contributed by atoms with Gasteiger partial charge in [-0.2, -0.15) is 0 Å². The summed E-state index contributed by atoms with van der Waals surface area (Å²) in [5, 5.41) is 2.81. The van der Waals surface area contributed by atoms with Crippen LogP contribution in [0.5, 0.6) is 0 Å². The minimum Gasteiger partial charge on any atom is -0.355 e. The molecule has 0 saturated heterocycles. The number of carbonyl (C=O) groups excluding carboxylic acids is 2. The van der Waals surface area contributed by atoms with Crippen molar-refractivity contribution in [2.24, 2.45) is 0 Å². The van der Waals surface area contributed by atoms with Crippen LogP contribution in [0.25, 0.3) is 0 Å². The van der Waals surface area contributed by atoms with Crippen molar-refractivity contribution >= 4 is 33.4 Å². The normalized spacial score (nSPS) is 10.1. The van der Waals surface area contributed by atoms with Crippen LogP contribution in [0, 0.1) is 0 Å². The van der Waals surface area contributed by atoms with Crippen LogP contribution < -0.4 is 10.2 Å². The molecule has 104 valence electrons. The Morgan fingerprint density at radius 2 is 1.89 bits per heavy atom. The van der Waals surface area contributed by atoms with E-state index in [-0.39, 0.29) is 18.4 Å². The third kappa shape index (κ3) is 5.42. The van der Waals surface area contributed by atoms with Gasteiger partial charge in [0.15, 0.2) is 0 Å². The standard InChI is InChI=1S/C14H19BrN2O2/c1-3-4-9-16-14(19)10-17(11(2)18)13-7-5-12(15)6-8-13/h5-8H,3-4,9-10H2,1-2H3,(H,16,19). The average molecular weight is 327 g/mol. The molecule has 1 aromatic carbocycles. The van der Waals surface area contributed by atoms with Crippen molar-refractivity contribution in [1.82, 2.24) is 5.32 Å². The molecular formula is C14H19BrN2O2. The van der Waals surface area contributed by atoms with E-state index >= 15 is 0 Å². The number of hydrogen-bond acceptors (Lipinski definition) is 2. The van der Waals surface area contributed by atoms with E-state index in [1.54, 1.807) is 0 Å². The number of benzene rings is 1. The van der Waals surface area contributed by atoms with E-state index in [9.17, 15) is 9.59 Å². The molecule has 0 spiro atoms. The Balaban J connectivity index is 2.65. The number of nitrogens with zero attached hydrogens (tertiary/aromatic N) is 1. The SMILES string of the molecule is CCCCNC(=O)CN(C(C)=O)c1ccc(Br)cc1. The number of rotatable bonds is 6. The third-order valence-corrected chi connectivity index (χ3v) is 3.20. The summed E-state index contributed by atoms with van der Waals surface area (Å²) in [7, 11) is 0. The summed E-state index contributed by atoms with van der Waals surface area (Å²) in [6.45, 7) is 4.24. The number of carbonyl (C=O) groups is 2. The quantitative estimate of drug-likeness (QED) is 0.817. The maximum atomic E-state index is 11.8. The van der Waals surface area contributed by atoms with Crippen molar-refractivity contribution in [2.75, 3.05) is 18.0 Å². The molecule has 0 saturated carbocycles. The van der Waals surface area contributed by atoms with E-state index in [0.717, 1.165) is 23.0 Å². The van der Waals surface area contributed by atoms with Gasteiger partial charge in [0.25, 0.3) is 0 Å². The highest BCUT2D eigenvalue weighted by Crippen LogP contribution is 2.18. The monoisotopic (exact) mass is 326 g/mol. The number of hydrogen-bond donors (Lipinski definition) is 1. The first-order valence-corrected chi connectivity index (χ1v) is 7.14. The zero-order valence-corrected chi connectivity index (χ0v) is 12.9. The summed E-state index contributed by atoms with van der Waals surface area (Å²) in [6, 6.07) is 7.32. The first kappa shape index (κ1) is 15.7. The molecule has 0 aliphatic rings. The minimum atomic E-state index is -0.145. The van der Waals surface area contributed by atoms with Crippen LogP contribution in [0.3, 0.4) is 0 Å². The van der Waals surface area contributed by atoms with Gasteiger partial charge in [0.1, 0.15) is 6.54 Å². The Kier molecular flexibility index (Phi) is 6.56. The highest BCUT2D eigenvalue weighted by molar-refractivity contribution is 9.10. The molecule has 1 N–H and O–H groups in total. The van der Waals surface area contributed by atoms with Gasteiger partial charge < -0.3 is 10.2 Å². The molecule has 0 radical (unpaired) electrons. The second-order valence-corrected chi connectivity index (χ2v) is 5.20. The molecule has 0 aliphatic carbocycles. The number of unbranched alkanes of at least 4 members (excludes halogenated alkanes) is 1. The lowest BCUT2D eigenvalue weighted by molar-refractivity contribution is -0.123. The van der Waals surface area contributed by atoms with Crippen LogP contribution >= 0.6 is 15.9 Å². The van der Waals surface area contributed by atoms with Crippen molar-refractivity contribution in [3.63, 3.8) is 0 Å². The van der Waals surface area contributed by atoms with E-state index in [1.807, 2.05) is 24.3 Å². The van der Waals surface area contributed by atoms with E-state index in [1.165, 1.54) is 11.8 Å². The van der Waals surface area contributed by atoms with Crippen LogP contribution in [0.1, 0.15) is 26.7 Å². The first-order chi connectivity index (χ1) is 9.04. The molecule has 0 unspecified atom stereocenters. The molecule has 0 bridgehead atoms. The fourth-order valence-electron chi connectivity index (χ4n) is 1.61. The number of amides is 2. The Hall–Kier alpha value is -1.36. The van der Waals surface area contributed by atoms with Crippen molar-refractivity contribution in [3.8, 4) is 0 Å². The largest absolute Gasteiger partial charge is 0.355 e. The average Bonchev–Trinajstić information content (AvgIpc) is 2.37. The van der Waals surface area contributed by atoms with Crippen molar-refractivity contribution in [1.29, 1.82) is 0 Å². The van der Waals surface area contributed by atoms with E-state index in [4.69, 9.17) is 0 Å². The second-order valence-electron chi connectivity index (χ2n) is 4.29. The van der Waals surface area contributed by atoms with Crippen molar-refractivity contribution in [3.05, 3.63) is 28.7 Å². The summed E-state index contributed by atoms with van der Waals surface area (Å²) in [5.41, 5.74) is 0.723. The van der Waals surface area contributed by atoms with Gasteiger partial charge in [-0.05, 0) is 30.7 Å².